The first-order chi connectivity index (χ1) is 6.41. The molecule has 1 aliphatic carbocycles. The number of rotatable bonds is 4. The van der Waals surface area contributed by atoms with E-state index in [-0.39, 0.29) is 13.2 Å². The van der Waals surface area contributed by atoms with Gasteiger partial charge in [-0.1, -0.05) is 38.5 Å². The normalized spacial score (nSPS) is 16.2. The predicted octanol–water partition coefficient (Wildman–Crippen LogP) is 0.901. The third-order valence-electron chi connectivity index (χ3n) is 2.08. The van der Waals surface area contributed by atoms with Gasteiger partial charge in [-0.15, -0.1) is 0 Å². The van der Waals surface area contributed by atoms with Gasteiger partial charge in [0.15, 0.2) is 0 Å². The van der Waals surface area contributed by atoms with Crippen LogP contribution in [0.25, 0.3) is 0 Å². The van der Waals surface area contributed by atoms with E-state index in [1.165, 1.54) is 38.5 Å². The van der Waals surface area contributed by atoms with E-state index < -0.39 is 0 Å². The molecule has 1 rings (SSSR count). The molecule has 80 valence electrons. The van der Waals surface area contributed by atoms with Crippen molar-refractivity contribution in [3.8, 4) is 0 Å². The molecule has 0 heterocycles. The van der Waals surface area contributed by atoms with E-state index in [1.54, 1.807) is 0 Å². The molecule has 0 atom stereocenters. The summed E-state index contributed by atoms with van der Waals surface area (Å²) in [6, 6.07) is 0. The Bertz CT molecular complexity index is 69.5. The summed E-state index contributed by atoms with van der Waals surface area (Å²) in [6.07, 6.45) is 9.00. The monoisotopic (exact) mass is 189 g/mol. The molecule has 3 heteroatoms. The Hall–Kier alpha value is -0.120. The minimum atomic E-state index is 0.139. The van der Waals surface area contributed by atoms with E-state index in [0.717, 1.165) is 0 Å². The summed E-state index contributed by atoms with van der Waals surface area (Å²) in [6.45, 7) is 1.42. The Kier molecular flexibility index (Phi) is 11.8. The van der Waals surface area contributed by atoms with Crippen molar-refractivity contribution >= 4 is 0 Å². The molecular weight excluding hydrogens is 166 g/mol. The minimum absolute atomic E-state index is 0.139. The van der Waals surface area contributed by atoms with Gasteiger partial charge in [-0.05, 0) is 0 Å². The highest BCUT2D eigenvalue weighted by Crippen LogP contribution is 2.15. The van der Waals surface area contributed by atoms with E-state index in [9.17, 15) is 0 Å². The predicted molar refractivity (Wildman–Crippen MR) is 54.7 cm³/mol. The van der Waals surface area contributed by atoms with E-state index in [0.29, 0.717) is 13.1 Å². The first-order valence-corrected chi connectivity index (χ1v) is 5.34. The van der Waals surface area contributed by atoms with Crippen molar-refractivity contribution in [3.63, 3.8) is 0 Å². The number of hydrogen-bond acceptors (Lipinski definition) is 3. The topological polar surface area (TPSA) is 52.5 Å². The molecule has 3 N–H and O–H groups in total. The number of nitrogens with one attached hydrogen (secondary N) is 1. The third kappa shape index (κ3) is 11.9. The first kappa shape index (κ1) is 12.9. The Morgan fingerprint density at radius 3 is 1.23 bits per heavy atom. The van der Waals surface area contributed by atoms with Crippen molar-refractivity contribution in [2.75, 3.05) is 26.3 Å². The van der Waals surface area contributed by atoms with Crippen molar-refractivity contribution in [1.82, 2.24) is 5.32 Å². The number of aliphatic hydroxyl groups is 2. The Morgan fingerprint density at radius 1 is 0.692 bits per heavy atom. The van der Waals surface area contributed by atoms with Crippen molar-refractivity contribution in [3.05, 3.63) is 0 Å². The summed E-state index contributed by atoms with van der Waals surface area (Å²) in [5, 5.41) is 19.1. The molecule has 0 aliphatic heterocycles. The maximum atomic E-state index is 8.15. The lowest BCUT2D eigenvalue weighted by Gasteiger charge is -2.05. The molecule has 1 saturated carbocycles. The zero-order valence-corrected chi connectivity index (χ0v) is 8.47. The van der Waals surface area contributed by atoms with Crippen LogP contribution in [0.15, 0.2) is 0 Å². The molecule has 0 spiro atoms. The van der Waals surface area contributed by atoms with E-state index in [1.807, 2.05) is 0 Å². The van der Waals surface area contributed by atoms with E-state index in [4.69, 9.17) is 10.2 Å². The van der Waals surface area contributed by atoms with Crippen LogP contribution in [-0.4, -0.2) is 36.5 Å². The van der Waals surface area contributed by atoms with Crippen molar-refractivity contribution in [1.29, 1.82) is 0 Å². The third-order valence-corrected chi connectivity index (χ3v) is 2.08. The first-order valence-electron chi connectivity index (χ1n) is 5.34. The molecule has 0 radical (unpaired) electrons. The Morgan fingerprint density at radius 2 is 1.00 bits per heavy atom. The van der Waals surface area contributed by atoms with Crippen LogP contribution in [0.4, 0.5) is 0 Å². The molecule has 0 aromatic carbocycles. The maximum Gasteiger partial charge on any atom is 0.0555 e. The quantitative estimate of drug-likeness (QED) is 0.576. The second kappa shape index (κ2) is 11.9. The average molecular weight is 189 g/mol. The van der Waals surface area contributed by atoms with Crippen molar-refractivity contribution < 1.29 is 10.2 Å². The smallest absolute Gasteiger partial charge is 0.0555 e. The van der Waals surface area contributed by atoms with Gasteiger partial charge in [0.05, 0.1) is 13.2 Å². The zero-order chi connectivity index (χ0) is 9.78. The summed E-state index contributed by atoms with van der Waals surface area (Å²) in [5.41, 5.74) is 0. The fraction of sp³-hybridized carbons (Fsp3) is 1.00. The van der Waals surface area contributed by atoms with Crippen LogP contribution in [0.5, 0.6) is 0 Å². The zero-order valence-electron chi connectivity index (χ0n) is 8.47. The van der Waals surface area contributed by atoms with Gasteiger partial charge < -0.3 is 15.5 Å². The molecule has 3 nitrogen and oxygen atoms in total. The lowest BCUT2D eigenvalue weighted by atomic mass is 10.0. The summed E-state index contributed by atoms with van der Waals surface area (Å²) in [4.78, 5) is 0. The summed E-state index contributed by atoms with van der Waals surface area (Å²) in [5.74, 6) is 0. The Balaban J connectivity index is 0.000000223. The van der Waals surface area contributed by atoms with Crippen LogP contribution in [-0.2, 0) is 0 Å². The molecule has 0 bridgehead atoms. The highest BCUT2D eigenvalue weighted by Gasteiger charge is 1.95. The van der Waals surface area contributed by atoms with Crippen molar-refractivity contribution in [2.24, 2.45) is 0 Å². The van der Waals surface area contributed by atoms with Crippen LogP contribution in [0, 0.1) is 0 Å². The van der Waals surface area contributed by atoms with Gasteiger partial charge in [0.2, 0.25) is 0 Å². The average Bonchev–Trinajstić information content (AvgIpc) is 2.22. The van der Waals surface area contributed by atoms with Crippen LogP contribution in [0.2, 0.25) is 0 Å². The molecule has 0 aromatic heterocycles. The van der Waals surface area contributed by atoms with Gasteiger partial charge in [-0.2, -0.15) is 0 Å². The summed E-state index contributed by atoms with van der Waals surface area (Å²) in [7, 11) is 0. The molecule has 0 amide bonds. The summed E-state index contributed by atoms with van der Waals surface area (Å²) >= 11 is 0. The summed E-state index contributed by atoms with van der Waals surface area (Å²) < 4.78 is 0. The molecule has 13 heavy (non-hydrogen) atoms. The molecule has 0 unspecified atom stereocenters. The van der Waals surface area contributed by atoms with Gasteiger partial charge in [0, 0.05) is 13.1 Å². The van der Waals surface area contributed by atoms with Crippen LogP contribution in [0.3, 0.4) is 0 Å². The van der Waals surface area contributed by atoms with Crippen LogP contribution >= 0.6 is 0 Å². The van der Waals surface area contributed by atoms with Gasteiger partial charge in [-0.3, -0.25) is 0 Å². The van der Waals surface area contributed by atoms with Gasteiger partial charge in [0.1, 0.15) is 0 Å². The fourth-order valence-corrected chi connectivity index (χ4v) is 1.34. The van der Waals surface area contributed by atoms with Gasteiger partial charge in [-0.25, -0.2) is 0 Å². The highest BCUT2D eigenvalue weighted by atomic mass is 16.3. The lowest BCUT2D eigenvalue weighted by molar-refractivity contribution is 0.267. The van der Waals surface area contributed by atoms with Crippen LogP contribution in [0.1, 0.15) is 38.5 Å². The molecular formula is C10H23NO2. The largest absolute Gasteiger partial charge is 0.395 e. The second-order valence-corrected chi connectivity index (χ2v) is 3.32. The van der Waals surface area contributed by atoms with Crippen LogP contribution < -0.4 is 5.32 Å². The van der Waals surface area contributed by atoms with E-state index >= 15 is 0 Å². The van der Waals surface area contributed by atoms with Crippen molar-refractivity contribution in [2.45, 2.75) is 38.5 Å². The molecule has 0 aromatic rings. The highest BCUT2D eigenvalue weighted by molar-refractivity contribution is 4.51. The molecule has 1 fully saturated rings. The molecule has 0 saturated heterocycles. The lowest BCUT2D eigenvalue weighted by Crippen LogP contribution is -2.21. The van der Waals surface area contributed by atoms with Gasteiger partial charge >= 0.3 is 0 Å². The SMILES string of the molecule is C1CCCCC1.OCCNCCO. The standard InChI is InChI=1S/C6H12.C4H11NO2/c1-2-4-6-5-3-1;6-3-1-5-2-4-7/h1-6H2;5-7H,1-4H2. The molecule has 1 aliphatic rings. The second-order valence-electron chi connectivity index (χ2n) is 3.32. The number of aliphatic hydroxyl groups excluding tert-OH is 2. The van der Waals surface area contributed by atoms with Gasteiger partial charge in [0.25, 0.3) is 0 Å². The Labute approximate surface area is 81.2 Å². The number of hydrogen-bond donors (Lipinski definition) is 3. The van der Waals surface area contributed by atoms with E-state index in [2.05, 4.69) is 5.32 Å². The minimum Gasteiger partial charge on any atom is -0.395 e. The fourth-order valence-electron chi connectivity index (χ4n) is 1.34. The maximum absolute atomic E-state index is 8.15.